The highest BCUT2D eigenvalue weighted by Crippen LogP contribution is 2.51. The van der Waals surface area contributed by atoms with Gasteiger partial charge < -0.3 is 0 Å². The summed E-state index contributed by atoms with van der Waals surface area (Å²) in [5.74, 6) is 0. The number of hydroxylamine groups is 1. The molecule has 0 saturated heterocycles. The lowest BCUT2D eigenvalue weighted by Gasteiger charge is -2.52. The molecule has 0 heterocycles. The first-order chi connectivity index (χ1) is 6.73. The van der Waals surface area contributed by atoms with Crippen LogP contribution in [0.4, 0.5) is 0 Å². The summed E-state index contributed by atoms with van der Waals surface area (Å²) in [4.78, 5) is 5.52. The van der Waals surface area contributed by atoms with E-state index in [0.717, 1.165) is 0 Å². The number of hydrogen-bond donors (Lipinski definition) is 1. The topological polar surface area (TPSA) is 21.3 Å². The molecule has 0 aromatic heterocycles. The Labute approximate surface area is 87.4 Å². The second-order valence-electron chi connectivity index (χ2n) is 5.30. The average molecular weight is 197 g/mol. The van der Waals surface area contributed by atoms with Crippen LogP contribution in [0.1, 0.15) is 58.8 Å². The summed E-state index contributed by atoms with van der Waals surface area (Å²) in [5.41, 5.74) is 3.90. The maximum Gasteiger partial charge on any atom is 0.0734 e. The molecule has 82 valence electrons. The molecule has 2 rings (SSSR count). The smallest absolute Gasteiger partial charge is 0.0734 e. The number of rotatable bonds is 3. The quantitative estimate of drug-likeness (QED) is 0.702. The molecule has 1 N–H and O–H groups in total. The lowest BCUT2D eigenvalue weighted by molar-refractivity contribution is -0.104. The fourth-order valence-electron chi connectivity index (χ4n) is 2.95. The minimum atomic E-state index is 0.302. The molecule has 0 radical (unpaired) electrons. The van der Waals surface area contributed by atoms with Crippen molar-refractivity contribution in [2.24, 2.45) is 5.41 Å². The predicted molar refractivity (Wildman–Crippen MR) is 57.9 cm³/mol. The summed E-state index contributed by atoms with van der Waals surface area (Å²) in [6.07, 6.45) is 10.2. The monoisotopic (exact) mass is 197 g/mol. The molecule has 2 aliphatic rings. The summed E-state index contributed by atoms with van der Waals surface area (Å²) >= 11 is 0. The molecule has 0 bridgehead atoms. The summed E-state index contributed by atoms with van der Waals surface area (Å²) < 4.78 is 0. The van der Waals surface area contributed by atoms with Gasteiger partial charge in [0.1, 0.15) is 0 Å². The molecule has 14 heavy (non-hydrogen) atoms. The van der Waals surface area contributed by atoms with Gasteiger partial charge in [0.2, 0.25) is 0 Å². The Kier molecular flexibility index (Phi) is 3.13. The molecule has 0 aliphatic heterocycles. The van der Waals surface area contributed by atoms with Crippen LogP contribution in [0.3, 0.4) is 0 Å². The molecule has 2 aliphatic carbocycles. The lowest BCUT2D eigenvalue weighted by atomic mass is 9.57. The molecule has 2 fully saturated rings. The first-order valence-electron chi connectivity index (χ1n) is 6.14. The van der Waals surface area contributed by atoms with Gasteiger partial charge in [-0.25, -0.2) is 0 Å². The second-order valence-corrected chi connectivity index (χ2v) is 5.30. The van der Waals surface area contributed by atoms with Crippen LogP contribution in [0.2, 0.25) is 0 Å². The Morgan fingerprint density at radius 1 is 1.14 bits per heavy atom. The fraction of sp³-hybridized carbons (Fsp3) is 1.00. The maximum atomic E-state index is 5.52. The van der Waals surface area contributed by atoms with Crippen LogP contribution in [-0.4, -0.2) is 12.1 Å². The third-order valence-corrected chi connectivity index (χ3v) is 3.97. The predicted octanol–water partition coefficient (Wildman–Crippen LogP) is 3.03. The molecular weight excluding hydrogens is 174 g/mol. The lowest BCUT2D eigenvalue weighted by Crippen LogP contribution is -2.54. The highest BCUT2D eigenvalue weighted by molar-refractivity contribution is 5.00. The molecule has 2 saturated carbocycles. The fourth-order valence-corrected chi connectivity index (χ4v) is 2.95. The molecule has 0 aromatic carbocycles. The van der Waals surface area contributed by atoms with Gasteiger partial charge in [-0.2, -0.15) is 5.48 Å². The Morgan fingerprint density at radius 2 is 1.86 bits per heavy atom. The van der Waals surface area contributed by atoms with Crippen LogP contribution in [0.15, 0.2) is 0 Å². The van der Waals surface area contributed by atoms with Gasteiger partial charge in [-0.15, -0.1) is 0 Å². The zero-order valence-corrected chi connectivity index (χ0v) is 9.51. The van der Waals surface area contributed by atoms with Crippen LogP contribution in [-0.2, 0) is 4.84 Å². The zero-order chi connectivity index (χ0) is 10.0. The van der Waals surface area contributed by atoms with Crippen molar-refractivity contribution >= 4 is 0 Å². The van der Waals surface area contributed by atoms with E-state index in [1.807, 2.05) is 0 Å². The van der Waals surface area contributed by atoms with Crippen LogP contribution in [0, 0.1) is 5.41 Å². The maximum absolute atomic E-state index is 5.52. The minimum absolute atomic E-state index is 0.302. The highest BCUT2D eigenvalue weighted by atomic mass is 16.7. The van der Waals surface area contributed by atoms with Crippen LogP contribution < -0.4 is 5.48 Å². The van der Waals surface area contributed by atoms with E-state index in [1.54, 1.807) is 0 Å². The first-order valence-corrected chi connectivity index (χ1v) is 6.14. The van der Waals surface area contributed by atoms with Crippen LogP contribution in [0.25, 0.3) is 0 Å². The summed E-state index contributed by atoms with van der Waals surface area (Å²) in [6.45, 7) is 4.17. The van der Waals surface area contributed by atoms with Gasteiger partial charge in [-0.3, -0.25) is 4.84 Å². The van der Waals surface area contributed by atoms with Gasteiger partial charge in [0, 0.05) is 6.04 Å². The van der Waals surface area contributed by atoms with Gasteiger partial charge in [0.05, 0.1) is 6.10 Å². The molecule has 1 atom stereocenters. The first kappa shape index (κ1) is 10.4. The van der Waals surface area contributed by atoms with Gasteiger partial charge in [-0.05, 0) is 44.9 Å². The zero-order valence-electron chi connectivity index (χ0n) is 9.51. The molecule has 1 spiro atoms. The number of hydrogen-bond acceptors (Lipinski definition) is 2. The van der Waals surface area contributed by atoms with E-state index in [2.05, 4.69) is 19.3 Å². The number of nitrogens with one attached hydrogen (secondary N) is 1. The van der Waals surface area contributed by atoms with E-state index in [4.69, 9.17) is 4.84 Å². The van der Waals surface area contributed by atoms with E-state index < -0.39 is 0 Å². The third kappa shape index (κ3) is 1.96. The van der Waals surface area contributed by atoms with Crippen LogP contribution >= 0.6 is 0 Å². The Bertz CT molecular complexity index is 185. The van der Waals surface area contributed by atoms with Crippen molar-refractivity contribution in [2.45, 2.75) is 70.9 Å². The molecular formula is C12H23NO. The van der Waals surface area contributed by atoms with E-state index in [9.17, 15) is 0 Å². The molecule has 0 aromatic rings. The van der Waals surface area contributed by atoms with Crippen molar-refractivity contribution in [1.82, 2.24) is 5.48 Å². The van der Waals surface area contributed by atoms with Crippen molar-refractivity contribution in [1.29, 1.82) is 0 Å². The Balaban J connectivity index is 1.81. The van der Waals surface area contributed by atoms with Crippen molar-refractivity contribution < 1.29 is 4.84 Å². The molecule has 2 nitrogen and oxygen atoms in total. The largest absolute Gasteiger partial charge is 0.299 e. The van der Waals surface area contributed by atoms with E-state index in [0.29, 0.717) is 17.6 Å². The minimum Gasteiger partial charge on any atom is -0.299 e. The normalized spacial score (nSPS) is 30.6. The van der Waals surface area contributed by atoms with E-state index in [1.165, 1.54) is 44.9 Å². The second kappa shape index (κ2) is 4.19. The van der Waals surface area contributed by atoms with Gasteiger partial charge in [0.15, 0.2) is 0 Å². The van der Waals surface area contributed by atoms with E-state index >= 15 is 0 Å². The summed E-state index contributed by atoms with van der Waals surface area (Å²) in [6, 6.07) is 0.644. The third-order valence-electron chi connectivity index (χ3n) is 3.97. The highest BCUT2D eigenvalue weighted by Gasteiger charge is 2.46. The Morgan fingerprint density at radius 3 is 2.36 bits per heavy atom. The van der Waals surface area contributed by atoms with Gasteiger partial charge in [-0.1, -0.05) is 19.3 Å². The average Bonchev–Trinajstić information content (AvgIpc) is 2.17. The summed E-state index contributed by atoms with van der Waals surface area (Å²) in [7, 11) is 0. The van der Waals surface area contributed by atoms with Crippen LogP contribution in [0.5, 0.6) is 0 Å². The van der Waals surface area contributed by atoms with Gasteiger partial charge >= 0.3 is 0 Å². The Hall–Kier alpha value is -0.0800. The van der Waals surface area contributed by atoms with Crippen molar-refractivity contribution in [2.75, 3.05) is 0 Å². The van der Waals surface area contributed by atoms with Crippen molar-refractivity contribution in [3.63, 3.8) is 0 Å². The standard InChI is InChI=1S/C12H23NO/c1-10(2)14-13-11-6-9-12(11)7-4-3-5-8-12/h10-11,13H,3-9H2,1-2H3. The van der Waals surface area contributed by atoms with Crippen molar-refractivity contribution in [3.05, 3.63) is 0 Å². The molecule has 2 heteroatoms. The molecule has 1 unspecified atom stereocenters. The summed E-state index contributed by atoms with van der Waals surface area (Å²) in [5, 5.41) is 0. The van der Waals surface area contributed by atoms with E-state index in [-0.39, 0.29) is 0 Å². The molecule has 0 amide bonds. The SMILES string of the molecule is CC(C)ONC1CCC12CCCCC2. The van der Waals surface area contributed by atoms with Crippen molar-refractivity contribution in [3.8, 4) is 0 Å². The van der Waals surface area contributed by atoms with Gasteiger partial charge in [0.25, 0.3) is 0 Å².